The number of sulfone groups is 1. The Balaban J connectivity index is 2.21. The Morgan fingerprint density at radius 2 is 2.00 bits per heavy atom. The van der Waals surface area contributed by atoms with Crippen molar-refractivity contribution >= 4 is 38.9 Å². The maximum absolute atomic E-state index is 15.5. The fourth-order valence-electron chi connectivity index (χ4n) is 3.72. The molecule has 1 heterocycles. The van der Waals surface area contributed by atoms with Gasteiger partial charge in [-0.25, -0.2) is 17.6 Å². The van der Waals surface area contributed by atoms with Crippen LogP contribution in [0.3, 0.4) is 0 Å². The zero-order chi connectivity index (χ0) is 24.2. The van der Waals surface area contributed by atoms with E-state index in [1.807, 2.05) is 37.3 Å². The second-order valence-electron chi connectivity index (χ2n) is 7.60. The van der Waals surface area contributed by atoms with E-state index in [-0.39, 0.29) is 17.2 Å². The lowest BCUT2D eigenvalue weighted by molar-refractivity contribution is -0.134. The molecule has 0 fully saturated rings. The van der Waals surface area contributed by atoms with Crippen molar-refractivity contribution in [2.24, 2.45) is 5.92 Å². The molecule has 0 saturated carbocycles. The van der Waals surface area contributed by atoms with E-state index < -0.39 is 33.1 Å². The van der Waals surface area contributed by atoms with Gasteiger partial charge < -0.3 is 14.7 Å². The minimum absolute atomic E-state index is 0.0755. The van der Waals surface area contributed by atoms with Crippen LogP contribution < -0.4 is 9.64 Å². The molecule has 1 aliphatic rings. The summed E-state index contributed by atoms with van der Waals surface area (Å²) in [6, 6.07) is 11.8. The number of rotatable bonds is 8. The first kappa shape index (κ1) is 25.0. The van der Waals surface area contributed by atoms with Crippen LogP contribution >= 0.6 is 11.8 Å². The summed E-state index contributed by atoms with van der Waals surface area (Å²) in [6.07, 6.45) is 3.99. The van der Waals surface area contributed by atoms with Gasteiger partial charge in [0, 0.05) is 24.2 Å². The van der Waals surface area contributed by atoms with Gasteiger partial charge in [-0.3, -0.25) is 0 Å². The quantitative estimate of drug-likeness (QED) is 0.284. The van der Waals surface area contributed by atoms with Gasteiger partial charge in [0.15, 0.2) is 0 Å². The number of fused-ring (bicyclic) bond motifs is 1. The molecule has 1 N–H and O–H groups in total. The Hall–Kier alpha value is -2.59. The number of alkyl halides is 1. The van der Waals surface area contributed by atoms with E-state index in [1.165, 1.54) is 11.8 Å². The van der Waals surface area contributed by atoms with Crippen LogP contribution in [0.1, 0.15) is 26.2 Å². The SMILES string of the molecule is CCCC[C@H]1CN(c2ccccc2)c2cc(SC)c(OC=C(F)C(=O)O)cc2S(=O)(=O)[C@H]1F. The van der Waals surface area contributed by atoms with Crippen molar-refractivity contribution in [2.75, 3.05) is 17.7 Å². The van der Waals surface area contributed by atoms with Crippen LogP contribution in [0.4, 0.5) is 20.2 Å². The van der Waals surface area contributed by atoms with Gasteiger partial charge in [-0.05, 0) is 30.9 Å². The molecular weight excluding hydrogens is 472 g/mol. The molecule has 0 amide bonds. The van der Waals surface area contributed by atoms with E-state index in [0.29, 0.717) is 35.4 Å². The van der Waals surface area contributed by atoms with E-state index in [4.69, 9.17) is 9.84 Å². The molecular formula is C23H25F2NO5S2. The summed E-state index contributed by atoms with van der Waals surface area (Å²) in [5.74, 6) is -4.20. The number of anilines is 2. The molecule has 1 aliphatic heterocycles. The molecule has 6 nitrogen and oxygen atoms in total. The third-order valence-electron chi connectivity index (χ3n) is 5.42. The molecule has 3 rings (SSSR count). The molecule has 33 heavy (non-hydrogen) atoms. The minimum atomic E-state index is -4.41. The number of thioether (sulfide) groups is 1. The molecule has 0 aromatic heterocycles. The summed E-state index contributed by atoms with van der Waals surface area (Å²) in [7, 11) is -4.41. The fraction of sp³-hybridized carbons (Fsp3) is 0.348. The maximum Gasteiger partial charge on any atom is 0.368 e. The van der Waals surface area contributed by atoms with Gasteiger partial charge in [0.25, 0.3) is 0 Å². The largest absolute Gasteiger partial charge is 0.476 e. The van der Waals surface area contributed by atoms with Crippen LogP contribution in [0.25, 0.3) is 0 Å². The number of unbranched alkanes of at least 4 members (excludes halogenated alkanes) is 1. The summed E-state index contributed by atoms with van der Waals surface area (Å²) in [5.41, 5.74) is -1.12. The highest BCUT2D eigenvalue weighted by Gasteiger charge is 2.42. The lowest BCUT2D eigenvalue weighted by atomic mass is 10.0. The molecule has 0 spiro atoms. The number of aliphatic carboxylic acids is 1. The zero-order valence-corrected chi connectivity index (χ0v) is 19.8. The third-order valence-corrected chi connectivity index (χ3v) is 8.09. The van der Waals surface area contributed by atoms with Gasteiger partial charge in [-0.2, -0.15) is 4.39 Å². The van der Waals surface area contributed by atoms with E-state index in [0.717, 1.165) is 12.5 Å². The average molecular weight is 498 g/mol. The number of carboxylic acid groups (broad SMARTS) is 1. The topological polar surface area (TPSA) is 83.9 Å². The third kappa shape index (κ3) is 5.33. The number of carbonyl (C=O) groups is 1. The van der Waals surface area contributed by atoms with Crippen LogP contribution in [0.15, 0.2) is 64.3 Å². The summed E-state index contributed by atoms with van der Waals surface area (Å²) in [6.45, 7) is 2.12. The molecule has 0 unspecified atom stereocenters. The van der Waals surface area contributed by atoms with E-state index in [9.17, 15) is 17.6 Å². The summed E-state index contributed by atoms with van der Waals surface area (Å²) >= 11 is 1.21. The second kappa shape index (κ2) is 10.6. The monoisotopic (exact) mass is 497 g/mol. The number of benzene rings is 2. The van der Waals surface area contributed by atoms with Gasteiger partial charge >= 0.3 is 5.97 Å². The first-order valence-corrected chi connectivity index (χ1v) is 13.2. The maximum atomic E-state index is 15.5. The molecule has 0 aliphatic carbocycles. The summed E-state index contributed by atoms with van der Waals surface area (Å²) in [5, 5.41) is 8.71. The molecule has 0 saturated heterocycles. The van der Waals surface area contributed by atoms with Crippen molar-refractivity contribution in [3.63, 3.8) is 0 Å². The molecule has 0 bridgehead atoms. The summed E-state index contributed by atoms with van der Waals surface area (Å²) in [4.78, 5) is 12.7. The number of nitrogens with zero attached hydrogens (tertiary/aromatic N) is 1. The Morgan fingerprint density at radius 3 is 2.61 bits per heavy atom. The lowest BCUT2D eigenvalue weighted by Gasteiger charge is -2.28. The number of hydrogen-bond donors (Lipinski definition) is 1. The highest BCUT2D eigenvalue weighted by molar-refractivity contribution is 7.98. The normalized spacial score (nSPS) is 20.1. The highest BCUT2D eigenvalue weighted by Crippen LogP contribution is 2.45. The van der Waals surface area contributed by atoms with Gasteiger partial charge in [-0.1, -0.05) is 38.0 Å². The zero-order valence-electron chi connectivity index (χ0n) is 18.2. The molecule has 10 heteroatoms. The summed E-state index contributed by atoms with van der Waals surface area (Å²) < 4.78 is 60.8. The number of hydrogen-bond acceptors (Lipinski definition) is 6. The number of carboxylic acids is 1. The number of ether oxygens (including phenoxy) is 1. The first-order chi connectivity index (χ1) is 15.7. The first-order valence-electron chi connectivity index (χ1n) is 10.4. The smallest absolute Gasteiger partial charge is 0.368 e. The van der Waals surface area contributed by atoms with Crippen LogP contribution in [0, 0.1) is 5.92 Å². The van der Waals surface area contributed by atoms with Crippen LogP contribution in [-0.4, -0.2) is 37.8 Å². The van der Waals surface area contributed by atoms with E-state index >= 15 is 4.39 Å². The van der Waals surface area contributed by atoms with Crippen molar-refractivity contribution in [3.05, 3.63) is 54.6 Å². The second-order valence-corrected chi connectivity index (χ2v) is 10.4. The Labute approximate surface area is 196 Å². The Kier molecular flexibility index (Phi) is 8.01. The van der Waals surface area contributed by atoms with Crippen molar-refractivity contribution in [2.45, 2.75) is 41.5 Å². The van der Waals surface area contributed by atoms with E-state index in [1.54, 1.807) is 17.2 Å². The van der Waals surface area contributed by atoms with Crippen LogP contribution in [-0.2, 0) is 14.6 Å². The van der Waals surface area contributed by atoms with Crippen molar-refractivity contribution in [1.82, 2.24) is 0 Å². The van der Waals surface area contributed by atoms with Crippen molar-refractivity contribution in [1.29, 1.82) is 0 Å². The Morgan fingerprint density at radius 1 is 1.30 bits per heavy atom. The van der Waals surface area contributed by atoms with Gasteiger partial charge in [0.2, 0.25) is 21.2 Å². The fourth-order valence-corrected chi connectivity index (χ4v) is 5.96. The minimum Gasteiger partial charge on any atom is -0.476 e. The highest BCUT2D eigenvalue weighted by atomic mass is 32.2. The standard InChI is InChI=1S/C23H25F2NO5S2/c1-3-4-8-15-13-26(16-9-6-5-7-10-16)18-11-20(32-2)19(31-14-17(24)23(27)28)12-21(18)33(29,30)22(15)25/h5-7,9-12,14-15,22H,3-4,8,13H2,1-2H3,(H,27,28)/t15-,22+/m0/s1. The van der Waals surface area contributed by atoms with E-state index in [2.05, 4.69) is 0 Å². The molecule has 2 atom stereocenters. The molecule has 0 radical (unpaired) electrons. The predicted molar refractivity (Wildman–Crippen MR) is 124 cm³/mol. The van der Waals surface area contributed by atoms with Gasteiger partial charge in [-0.15, -0.1) is 11.8 Å². The molecule has 2 aromatic rings. The van der Waals surface area contributed by atoms with Crippen LogP contribution in [0.2, 0.25) is 0 Å². The number of halogens is 2. The average Bonchev–Trinajstić information content (AvgIpc) is 2.89. The van der Waals surface area contributed by atoms with Crippen molar-refractivity contribution in [3.8, 4) is 5.75 Å². The number of para-hydroxylation sites is 1. The predicted octanol–water partition coefficient (Wildman–Crippen LogP) is 5.71. The van der Waals surface area contributed by atoms with Gasteiger partial charge in [0.05, 0.1) is 15.5 Å². The lowest BCUT2D eigenvalue weighted by Crippen LogP contribution is -2.31. The molecule has 178 valence electrons. The van der Waals surface area contributed by atoms with Crippen LogP contribution in [0.5, 0.6) is 5.75 Å². The Bertz CT molecular complexity index is 1140. The van der Waals surface area contributed by atoms with Crippen molar-refractivity contribution < 1.29 is 31.8 Å². The molecule has 2 aromatic carbocycles. The van der Waals surface area contributed by atoms with Gasteiger partial charge in [0.1, 0.15) is 12.0 Å².